The van der Waals surface area contributed by atoms with Crippen LogP contribution in [0.2, 0.25) is 0 Å². The average Bonchev–Trinajstić information content (AvgIpc) is 3.02. The van der Waals surface area contributed by atoms with Crippen LogP contribution in [0.25, 0.3) is 0 Å². The lowest BCUT2D eigenvalue weighted by molar-refractivity contribution is 0.101. The van der Waals surface area contributed by atoms with Gasteiger partial charge in [0.1, 0.15) is 0 Å². The van der Waals surface area contributed by atoms with Gasteiger partial charge in [-0.3, -0.25) is 0 Å². The monoisotopic (exact) mass is 248 g/mol. The first-order chi connectivity index (χ1) is 8.86. The molecule has 0 aromatic carbocycles. The van der Waals surface area contributed by atoms with E-state index < -0.39 is 0 Å². The molecule has 0 amide bonds. The molecule has 0 bridgehead atoms. The Morgan fingerprint density at radius 1 is 1.28 bits per heavy atom. The fourth-order valence-electron chi connectivity index (χ4n) is 3.54. The minimum atomic E-state index is 0.604. The number of likely N-dealkylation sites (tertiary alicyclic amines) is 1. The van der Waals surface area contributed by atoms with E-state index in [4.69, 9.17) is 0 Å². The Bertz CT molecular complexity index is 354. The van der Waals surface area contributed by atoms with Crippen LogP contribution in [0.3, 0.4) is 0 Å². The topological polar surface area (TPSA) is 33.1 Å². The molecule has 0 aliphatic carbocycles. The van der Waals surface area contributed by atoms with E-state index >= 15 is 0 Å². The van der Waals surface area contributed by atoms with Gasteiger partial charge in [-0.2, -0.15) is 0 Å². The Kier molecular flexibility index (Phi) is 3.66. The molecule has 1 unspecified atom stereocenters. The molecule has 0 radical (unpaired) electrons. The maximum absolute atomic E-state index is 4.09. The summed E-state index contributed by atoms with van der Waals surface area (Å²) in [5.74, 6) is 0. The highest BCUT2D eigenvalue weighted by molar-refractivity contribution is 4.93. The van der Waals surface area contributed by atoms with E-state index in [1.807, 2.05) is 12.5 Å². The molecular formula is C14H24N4. The number of nitrogens with zero attached hydrogens (tertiary/aromatic N) is 3. The van der Waals surface area contributed by atoms with E-state index in [1.54, 1.807) is 0 Å². The molecular weight excluding hydrogens is 224 g/mol. The maximum Gasteiger partial charge on any atom is 0.0945 e. The van der Waals surface area contributed by atoms with Crippen molar-refractivity contribution in [3.63, 3.8) is 0 Å². The molecule has 2 aliphatic heterocycles. The number of hydrogen-bond acceptors (Lipinski definition) is 3. The summed E-state index contributed by atoms with van der Waals surface area (Å²) in [6.07, 6.45) is 11.3. The van der Waals surface area contributed by atoms with Crippen molar-refractivity contribution < 1.29 is 0 Å². The normalized spacial score (nSPS) is 29.1. The van der Waals surface area contributed by atoms with Gasteiger partial charge in [0.05, 0.1) is 6.33 Å². The van der Waals surface area contributed by atoms with Crippen molar-refractivity contribution in [2.24, 2.45) is 5.41 Å². The first-order valence-corrected chi connectivity index (χ1v) is 7.25. The summed E-state index contributed by atoms with van der Waals surface area (Å²) in [6, 6.07) is 0. The second kappa shape index (κ2) is 5.41. The highest BCUT2D eigenvalue weighted by atomic mass is 15.2. The van der Waals surface area contributed by atoms with Gasteiger partial charge in [-0.05, 0) is 50.7 Å². The molecule has 100 valence electrons. The summed E-state index contributed by atoms with van der Waals surface area (Å²) < 4.78 is 2.18. The van der Waals surface area contributed by atoms with Crippen molar-refractivity contribution in [1.29, 1.82) is 0 Å². The maximum atomic E-state index is 4.09. The van der Waals surface area contributed by atoms with Gasteiger partial charge in [-0.1, -0.05) is 0 Å². The molecule has 1 spiro atoms. The van der Waals surface area contributed by atoms with Crippen LogP contribution in [0.4, 0.5) is 0 Å². The Morgan fingerprint density at radius 2 is 2.28 bits per heavy atom. The van der Waals surface area contributed by atoms with Gasteiger partial charge in [0.2, 0.25) is 0 Å². The zero-order valence-corrected chi connectivity index (χ0v) is 11.1. The minimum Gasteiger partial charge on any atom is -0.337 e. The van der Waals surface area contributed by atoms with Crippen molar-refractivity contribution in [3.05, 3.63) is 18.7 Å². The molecule has 3 heterocycles. The van der Waals surface area contributed by atoms with Crippen molar-refractivity contribution in [3.8, 4) is 0 Å². The largest absolute Gasteiger partial charge is 0.337 e. The number of hydrogen-bond donors (Lipinski definition) is 1. The van der Waals surface area contributed by atoms with Gasteiger partial charge in [-0.25, -0.2) is 4.98 Å². The van der Waals surface area contributed by atoms with Crippen molar-refractivity contribution in [2.45, 2.75) is 32.2 Å². The van der Waals surface area contributed by atoms with Crippen molar-refractivity contribution in [1.82, 2.24) is 19.8 Å². The third-order valence-corrected chi connectivity index (χ3v) is 4.52. The van der Waals surface area contributed by atoms with Crippen LogP contribution in [0, 0.1) is 5.41 Å². The Balaban J connectivity index is 1.45. The van der Waals surface area contributed by atoms with Gasteiger partial charge in [0.25, 0.3) is 0 Å². The molecule has 4 nitrogen and oxygen atoms in total. The molecule has 18 heavy (non-hydrogen) atoms. The van der Waals surface area contributed by atoms with Crippen molar-refractivity contribution in [2.75, 3.05) is 32.7 Å². The molecule has 4 heteroatoms. The third kappa shape index (κ3) is 2.75. The number of aryl methyl sites for hydroxylation is 1. The van der Waals surface area contributed by atoms with Crippen LogP contribution >= 0.6 is 0 Å². The zero-order valence-electron chi connectivity index (χ0n) is 11.1. The summed E-state index contributed by atoms with van der Waals surface area (Å²) >= 11 is 0. The number of nitrogens with one attached hydrogen (secondary N) is 1. The fourth-order valence-corrected chi connectivity index (χ4v) is 3.54. The van der Waals surface area contributed by atoms with Gasteiger partial charge >= 0.3 is 0 Å². The van der Waals surface area contributed by atoms with E-state index in [9.17, 15) is 0 Å². The molecule has 0 saturated carbocycles. The van der Waals surface area contributed by atoms with Gasteiger partial charge < -0.3 is 14.8 Å². The van der Waals surface area contributed by atoms with E-state index in [1.165, 1.54) is 58.4 Å². The minimum absolute atomic E-state index is 0.604. The van der Waals surface area contributed by atoms with E-state index in [0.29, 0.717) is 5.41 Å². The summed E-state index contributed by atoms with van der Waals surface area (Å²) in [5.41, 5.74) is 0.604. The molecule has 1 N–H and O–H groups in total. The zero-order chi connectivity index (χ0) is 12.3. The lowest BCUT2D eigenvalue weighted by Gasteiger charge is -2.40. The number of imidazole rings is 1. The summed E-state index contributed by atoms with van der Waals surface area (Å²) in [7, 11) is 0. The van der Waals surface area contributed by atoms with Crippen LogP contribution < -0.4 is 5.32 Å². The van der Waals surface area contributed by atoms with Crippen molar-refractivity contribution >= 4 is 0 Å². The molecule has 2 fully saturated rings. The van der Waals surface area contributed by atoms with Gasteiger partial charge in [0, 0.05) is 32.0 Å². The van der Waals surface area contributed by atoms with Crippen LogP contribution in [0.5, 0.6) is 0 Å². The highest BCUT2D eigenvalue weighted by Gasteiger charge is 2.37. The summed E-state index contributed by atoms with van der Waals surface area (Å²) in [6.45, 7) is 7.41. The molecule has 2 aliphatic rings. The molecule has 3 rings (SSSR count). The van der Waals surface area contributed by atoms with Gasteiger partial charge in [-0.15, -0.1) is 0 Å². The quantitative estimate of drug-likeness (QED) is 0.873. The van der Waals surface area contributed by atoms with E-state index in [-0.39, 0.29) is 0 Å². The van der Waals surface area contributed by atoms with Gasteiger partial charge in [0.15, 0.2) is 0 Å². The third-order valence-electron chi connectivity index (χ3n) is 4.52. The lowest BCUT2D eigenvalue weighted by atomic mass is 9.79. The first-order valence-electron chi connectivity index (χ1n) is 7.25. The van der Waals surface area contributed by atoms with E-state index in [0.717, 1.165) is 6.54 Å². The number of piperidine rings is 1. The SMILES string of the molecule is c1cn(CCCN2CCCC3(CCNC3)C2)cn1. The first kappa shape index (κ1) is 12.2. The second-order valence-electron chi connectivity index (χ2n) is 5.96. The van der Waals surface area contributed by atoms with Crippen LogP contribution in [-0.4, -0.2) is 47.2 Å². The Hall–Kier alpha value is -0.870. The molecule has 1 aromatic heterocycles. The Labute approximate surface area is 109 Å². The van der Waals surface area contributed by atoms with Crippen LogP contribution in [-0.2, 0) is 6.54 Å². The molecule has 2 saturated heterocycles. The predicted octanol–water partition coefficient (Wildman–Crippen LogP) is 1.35. The standard InChI is InChI=1S/C14H24N4/c1-3-14(4-5-15-11-14)12-17(7-1)8-2-9-18-10-6-16-13-18/h6,10,13,15H,1-5,7-9,11-12H2. The number of rotatable bonds is 4. The highest BCUT2D eigenvalue weighted by Crippen LogP contribution is 2.35. The molecule has 1 atom stereocenters. The van der Waals surface area contributed by atoms with Crippen LogP contribution in [0.15, 0.2) is 18.7 Å². The molecule has 1 aromatic rings. The average molecular weight is 248 g/mol. The predicted molar refractivity (Wildman–Crippen MR) is 72.4 cm³/mol. The Morgan fingerprint density at radius 3 is 3.06 bits per heavy atom. The summed E-state index contributed by atoms with van der Waals surface area (Å²) in [4.78, 5) is 6.76. The summed E-state index contributed by atoms with van der Waals surface area (Å²) in [5, 5.41) is 3.54. The number of aromatic nitrogens is 2. The second-order valence-corrected chi connectivity index (χ2v) is 5.96. The fraction of sp³-hybridized carbons (Fsp3) is 0.786. The smallest absolute Gasteiger partial charge is 0.0945 e. The lowest BCUT2D eigenvalue weighted by Crippen LogP contribution is -2.44. The van der Waals surface area contributed by atoms with E-state index in [2.05, 4.69) is 26.0 Å². The van der Waals surface area contributed by atoms with Crippen LogP contribution in [0.1, 0.15) is 25.7 Å².